The Morgan fingerprint density at radius 3 is 2.71 bits per heavy atom. The fraction of sp³-hybridized carbons (Fsp3) is 0.235. The van der Waals surface area contributed by atoms with Gasteiger partial charge in [0, 0.05) is 0 Å². The first-order valence-electron chi connectivity index (χ1n) is 6.94. The maximum Gasteiger partial charge on any atom is 0.254 e. The largest absolute Gasteiger partial charge is 0.383 e. The van der Waals surface area contributed by atoms with Gasteiger partial charge in [-0.1, -0.05) is 36.4 Å². The van der Waals surface area contributed by atoms with Gasteiger partial charge in [-0.3, -0.25) is 4.79 Å². The Morgan fingerprint density at radius 2 is 1.90 bits per heavy atom. The molecule has 21 heavy (non-hydrogen) atoms. The summed E-state index contributed by atoms with van der Waals surface area (Å²) in [5, 5.41) is 13.3. The van der Waals surface area contributed by atoms with Gasteiger partial charge in [0.25, 0.3) is 5.91 Å². The average Bonchev–Trinajstić information content (AvgIpc) is 2.84. The maximum atomic E-state index is 13.6. The first-order chi connectivity index (χ1) is 10.1. The van der Waals surface area contributed by atoms with Crippen molar-refractivity contribution in [3.8, 4) is 0 Å². The van der Waals surface area contributed by atoms with Crippen LogP contribution in [0.15, 0.2) is 48.5 Å². The quantitative estimate of drug-likeness (QED) is 0.909. The first kappa shape index (κ1) is 13.8. The normalized spacial score (nSPS) is 20.1. The molecule has 0 aliphatic heterocycles. The molecule has 0 spiro atoms. The minimum atomic E-state index is -1.07. The molecule has 0 saturated heterocycles. The number of aliphatic hydroxyl groups is 1. The average molecular weight is 285 g/mol. The molecule has 0 bridgehead atoms. The molecule has 0 heterocycles. The third kappa shape index (κ3) is 2.54. The van der Waals surface area contributed by atoms with E-state index < -0.39 is 17.3 Å². The number of hydrogen-bond acceptors (Lipinski definition) is 2. The van der Waals surface area contributed by atoms with Crippen LogP contribution in [0.2, 0.25) is 0 Å². The molecule has 0 fully saturated rings. The van der Waals surface area contributed by atoms with E-state index in [1.807, 2.05) is 24.3 Å². The number of fused-ring (bicyclic) bond motifs is 1. The molecule has 3 nitrogen and oxygen atoms in total. The second kappa shape index (κ2) is 5.30. The Bertz CT molecular complexity index is 686. The fourth-order valence-corrected chi connectivity index (χ4v) is 2.82. The third-order valence-electron chi connectivity index (χ3n) is 3.99. The van der Waals surface area contributed by atoms with Gasteiger partial charge in [0.1, 0.15) is 11.4 Å². The first-order valence-corrected chi connectivity index (χ1v) is 6.94. The lowest BCUT2D eigenvalue weighted by atomic mass is 9.96. The molecule has 1 amide bonds. The summed E-state index contributed by atoms with van der Waals surface area (Å²) >= 11 is 0. The van der Waals surface area contributed by atoms with E-state index in [1.165, 1.54) is 18.2 Å². The zero-order valence-electron chi connectivity index (χ0n) is 11.5. The van der Waals surface area contributed by atoms with Crippen molar-refractivity contribution in [2.24, 2.45) is 0 Å². The fourth-order valence-electron chi connectivity index (χ4n) is 2.82. The smallest absolute Gasteiger partial charge is 0.254 e. The second-order valence-electron chi connectivity index (χ2n) is 5.35. The van der Waals surface area contributed by atoms with Crippen LogP contribution in [0.25, 0.3) is 0 Å². The van der Waals surface area contributed by atoms with Crippen molar-refractivity contribution in [3.05, 3.63) is 71.0 Å². The highest BCUT2D eigenvalue weighted by atomic mass is 19.1. The van der Waals surface area contributed by atoms with Crippen molar-refractivity contribution >= 4 is 5.91 Å². The van der Waals surface area contributed by atoms with E-state index >= 15 is 0 Å². The maximum absolute atomic E-state index is 13.6. The predicted molar refractivity (Wildman–Crippen MR) is 77.4 cm³/mol. The van der Waals surface area contributed by atoms with E-state index in [0.717, 1.165) is 17.5 Å². The minimum Gasteiger partial charge on any atom is -0.383 e. The van der Waals surface area contributed by atoms with Crippen molar-refractivity contribution in [1.82, 2.24) is 5.32 Å². The highest BCUT2D eigenvalue weighted by Gasteiger charge is 2.36. The molecule has 1 aliphatic carbocycles. The van der Waals surface area contributed by atoms with Gasteiger partial charge in [0.05, 0.1) is 12.1 Å². The van der Waals surface area contributed by atoms with Gasteiger partial charge >= 0.3 is 0 Å². The molecule has 1 aliphatic rings. The zero-order chi connectivity index (χ0) is 14.9. The summed E-state index contributed by atoms with van der Waals surface area (Å²) in [4.78, 5) is 12.0. The molecule has 0 saturated carbocycles. The van der Waals surface area contributed by atoms with Crippen molar-refractivity contribution < 1.29 is 14.3 Å². The summed E-state index contributed by atoms with van der Waals surface area (Å²) in [7, 11) is 0. The Labute approximate surface area is 122 Å². The molecule has 1 unspecified atom stereocenters. The number of amides is 1. The van der Waals surface area contributed by atoms with Crippen LogP contribution in [-0.2, 0) is 12.0 Å². The summed E-state index contributed by atoms with van der Waals surface area (Å²) in [5.74, 6) is -1.07. The molecule has 1 atom stereocenters. The molecule has 2 N–H and O–H groups in total. The molecule has 4 heteroatoms. The van der Waals surface area contributed by atoms with Crippen LogP contribution < -0.4 is 5.32 Å². The summed E-state index contributed by atoms with van der Waals surface area (Å²) in [6.45, 7) is 0.0805. The number of benzene rings is 2. The molecule has 0 radical (unpaired) electrons. The molecular weight excluding hydrogens is 269 g/mol. The Kier molecular flexibility index (Phi) is 3.47. The SMILES string of the molecule is O=C(NCC1(O)CCc2ccccc21)c1ccccc1F. The molecular formula is C17H16FNO2. The highest BCUT2D eigenvalue weighted by Crippen LogP contribution is 2.36. The number of carbonyl (C=O) groups is 1. The second-order valence-corrected chi connectivity index (χ2v) is 5.35. The van der Waals surface area contributed by atoms with Crippen LogP contribution in [0.1, 0.15) is 27.9 Å². The number of rotatable bonds is 3. The summed E-state index contributed by atoms with van der Waals surface area (Å²) in [6.07, 6.45) is 1.34. The lowest BCUT2D eigenvalue weighted by Gasteiger charge is -2.24. The standard InChI is InChI=1S/C17H16FNO2/c18-15-8-4-2-6-13(15)16(20)19-11-17(21)10-9-12-5-1-3-7-14(12)17/h1-8,21H,9-11H2,(H,19,20). The van der Waals surface area contributed by atoms with Crippen LogP contribution >= 0.6 is 0 Å². The van der Waals surface area contributed by atoms with Gasteiger partial charge < -0.3 is 10.4 Å². The minimum absolute atomic E-state index is 0.00705. The van der Waals surface area contributed by atoms with Crippen molar-refractivity contribution in [2.75, 3.05) is 6.54 Å². The predicted octanol–water partition coefficient (Wildman–Crippen LogP) is 2.39. The lowest BCUT2D eigenvalue weighted by Crippen LogP contribution is -2.39. The molecule has 108 valence electrons. The molecule has 0 aromatic heterocycles. The van der Waals surface area contributed by atoms with Gasteiger partial charge in [0.15, 0.2) is 0 Å². The Balaban J connectivity index is 1.74. The van der Waals surface area contributed by atoms with Gasteiger partial charge in [-0.25, -0.2) is 4.39 Å². The molecule has 2 aromatic carbocycles. The number of nitrogens with one attached hydrogen (secondary N) is 1. The van der Waals surface area contributed by atoms with Crippen LogP contribution in [0.5, 0.6) is 0 Å². The van der Waals surface area contributed by atoms with Crippen LogP contribution in [0, 0.1) is 5.82 Å². The van der Waals surface area contributed by atoms with E-state index in [4.69, 9.17) is 0 Å². The van der Waals surface area contributed by atoms with E-state index in [1.54, 1.807) is 6.07 Å². The monoisotopic (exact) mass is 285 g/mol. The Morgan fingerprint density at radius 1 is 1.19 bits per heavy atom. The van der Waals surface area contributed by atoms with Gasteiger partial charge in [-0.2, -0.15) is 0 Å². The van der Waals surface area contributed by atoms with Gasteiger partial charge in [0.2, 0.25) is 0 Å². The Hall–Kier alpha value is -2.20. The summed E-state index contributed by atoms with van der Waals surface area (Å²) < 4.78 is 13.6. The topological polar surface area (TPSA) is 49.3 Å². The van der Waals surface area contributed by atoms with Crippen LogP contribution in [0.4, 0.5) is 4.39 Å². The van der Waals surface area contributed by atoms with E-state index in [-0.39, 0.29) is 12.1 Å². The van der Waals surface area contributed by atoms with E-state index in [9.17, 15) is 14.3 Å². The van der Waals surface area contributed by atoms with Crippen molar-refractivity contribution in [1.29, 1.82) is 0 Å². The number of carbonyl (C=O) groups excluding carboxylic acids is 1. The van der Waals surface area contributed by atoms with E-state index in [2.05, 4.69) is 5.32 Å². The number of aryl methyl sites for hydroxylation is 1. The zero-order valence-corrected chi connectivity index (χ0v) is 11.5. The van der Waals surface area contributed by atoms with Crippen LogP contribution in [0.3, 0.4) is 0 Å². The van der Waals surface area contributed by atoms with Crippen molar-refractivity contribution in [3.63, 3.8) is 0 Å². The van der Waals surface area contributed by atoms with Crippen LogP contribution in [-0.4, -0.2) is 17.6 Å². The van der Waals surface area contributed by atoms with E-state index in [0.29, 0.717) is 6.42 Å². The third-order valence-corrected chi connectivity index (χ3v) is 3.99. The number of halogens is 1. The molecule has 2 aromatic rings. The summed E-state index contributed by atoms with van der Waals surface area (Å²) in [6, 6.07) is 13.5. The van der Waals surface area contributed by atoms with Gasteiger partial charge in [-0.05, 0) is 36.1 Å². The highest BCUT2D eigenvalue weighted by molar-refractivity contribution is 5.94. The lowest BCUT2D eigenvalue weighted by molar-refractivity contribution is 0.0369. The number of hydrogen-bond donors (Lipinski definition) is 2. The molecule has 3 rings (SSSR count). The van der Waals surface area contributed by atoms with Gasteiger partial charge in [-0.15, -0.1) is 0 Å². The summed E-state index contributed by atoms with van der Waals surface area (Å²) in [5.41, 5.74) is 0.865. The van der Waals surface area contributed by atoms with Crippen molar-refractivity contribution in [2.45, 2.75) is 18.4 Å².